The highest BCUT2D eigenvalue weighted by molar-refractivity contribution is 6.30. The highest BCUT2D eigenvalue weighted by Crippen LogP contribution is 2.26. The third-order valence-corrected chi connectivity index (χ3v) is 2.26. The Hall–Kier alpha value is -1.76. The van der Waals surface area contributed by atoms with Crippen molar-refractivity contribution in [2.45, 2.75) is 12.7 Å². The van der Waals surface area contributed by atoms with Crippen LogP contribution in [0.1, 0.15) is 11.7 Å². The van der Waals surface area contributed by atoms with Crippen LogP contribution in [-0.4, -0.2) is 10.1 Å². The minimum absolute atomic E-state index is 0.00467. The summed E-state index contributed by atoms with van der Waals surface area (Å²) in [7, 11) is 0. The van der Waals surface area contributed by atoms with Crippen molar-refractivity contribution in [2.24, 2.45) is 0 Å². The van der Waals surface area contributed by atoms with E-state index in [4.69, 9.17) is 11.6 Å². The van der Waals surface area contributed by atoms with Crippen LogP contribution in [0, 0.1) is 0 Å². The Bertz CT molecular complexity index is 524. The molecule has 1 heterocycles. The molecule has 1 aromatic carbocycles. The van der Waals surface area contributed by atoms with Gasteiger partial charge < -0.3 is 9.84 Å². The lowest BCUT2D eigenvalue weighted by molar-refractivity contribution is -0.146. The van der Waals surface area contributed by atoms with E-state index < -0.39 is 12.0 Å². The van der Waals surface area contributed by atoms with Crippen molar-refractivity contribution in [3.8, 4) is 0 Å². The zero-order valence-corrected chi connectivity index (χ0v) is 9.59. The largest absolute Gasteiger partial charge is 0.455 e. The zero-order chi connectivity index (χ0) is 13.2. The van der Waals surface area contributed by atoms with E-state index in [2.05, 4.69) is 20.0 Å². The van der Waals surface area contributed by atoms with E-state index in [-0.39, 0.29) is 12.4 Å². The van der Waals surface area contributed by atoms with Gasteiger partial charge in [0.25, 0.3) is 5.82 Å². The molecule has 0 unspecified atom stereocenters. The Kier molecular flexibility index (Phi) is 3.42. The molecule has 18 heavy (non-hydrogen) atoms. The van der Waals surface area contributed by atoms with Crippen molar-refractivity contribution >= 4 is 17.3 Å². The molecule has 0 amide bonds. The number of alkyl halides is 3. The molecule has 2 aromatic rings. The van der Waals surface area contributed by atoms with Crippen LogP contribution in [0.15, 0.2) is 28.8 Å². The van der Waals surface area contributed by atoms with E-state index in [0.717, 1.165) is 0 Å². The summed E-state index contributed by atoms with van der Waals surface area (Å²) < 4.78 is 41.0. The molecule has 1 aromatic heterocycles. The van der Waals surface area contributed by atoms with E-state index in [9.17, 15) is 13.2 Å². The molecule has 96 valence electrons. The molecule has 0 saturated carbocycles. The first kappa shape index (κ1) is 12.7. The molecule has 0 aliphatic carbocycles. The molecular weight excluding hydrogens is 271 g/mol. The van der Waals surface area contributed by atoms with Crippen LogP contribution >= 0.6 is 11.6 Å². The second-order valence-electron chi connectivity index (χ2n) is 3.37. The lowest BCUT2D eigenvalue weighted by Crippen LogP contribution is -2.08. The molecule has 0 atom stereocenters. The molecule has 1 N–H and O–H groups in total. The molecule has 0 fully saturated rings. The van der Waals surface area contributed by atoms with E-state index in [1.165, 1.54) is 0 Å². The van der Waals surface area contributed by atoms with Crippen LogP contribution in [0.2, 0.25) is 5.02 Å². The van der Waals surface area contributed by atoms with Gasteiger partial charge in [0, 0.05) is 10.7 Å². The molecule has 4 nitrogen and oxygen atoms in total. The Morgan fingerprint density at radius 2 is 1.89 bits per heavy atom. The van der Waals surface area contributed by atoms with Crippen molar-refractivity contribution in [1.82, 2.24) is 10.1 Å². The van der Waals surface area contributed by atoms with Crippen LogP contribution in [0.3, 0.4) is 0 Å². The number of rotatable bonds is 3. The molecular formula is C10H7ClF3N3O. The molecule has 0 aliphatic heterocycles. The number of anilines is 1. The van der Waals surface area contributed by atoms with Crippen molar-refractivity contribution in [1.29, 1.82) is 0 Å². The minimum Gasteiger partial charge on any atom is -0.376 e. The number of aromatic nitrogens is 2. The first-order valence-electron chi connectivity index (χ1n) is 4.84. The molecule has 0 spiro atoms. The average Bonchev–Trinajstić information content (AvgIpc) is 2.77. The molecule has 0 aliphatic rings. The number of benzene rings is 1. The van der Waals surface area contributed by atoms with Gasteiger partial charge in [-0.15, -0.1) is 0 Å². The van der Waals surface area contributed by atoms with Gasteiger partial charge in [0.15, 0.2) is 0 Å². The fourth-order valence-electron chi connectivity index (χ4n) is 1.19. The Balaban J connectivity index is 1.98. The predicted molar refractivity (Wildman–Crippen MR) is 58.1 cm³/mol. The summed E-state index contributed by atoms with van der Waals surface area (Å²) in [5.41, 5.74) is 0.686. The van der Waals surface area contributed by atoms with E-state index >= 15 is 0 Å². The first-order valence-corrected chi connectivity index (χ1v) is 5.22. The lowest BCUT2D eigenvalue weighted by Gasteiger charge is -2.02. The van der Waals surface area contributed by atoms with E-state index in [1.54, 1.807) is 24.3 Å². The minimum atomic E-state index is -4.60. The third kappa shape index (κ3) is 3.13. The normalized spacial score (nSPS) is 11.6. The predicted octanol–water partition coefficient (Wildman–Crippen LogP) is 3.35. The maximum atomic E-state index is 12.2. The highest BCUT2D eigenvalue weighted by atomic mass is 35.5. The van der Waals surface area contributed by atoms with Gasteiger partial charge in [-0.3, -0.25) is 0 Å². The molecule has 8 heteroatoms. The average molecular weight is 278 g/mol. The van der Waals surface area contributed by atoms with Crippen LogP contribution < -0.4 is 5.32 Å². The number of hydrogen-bond donors (Lipinski definition) is 1. The summed E-state index contributed by atoms with van der Waals surface area (Å²) in [6.45, 7) is 0.00467. The SMILES string of the molecule is FC(F)(F)c1noc(CNc2ccc(Cl)cc2)n1. The molecule has 2 rings (SSSR count). The van der Waals surface area contributed by atoms with Crippen LogP contribution in [0.5, 0.6) is 0 Å². The van der Waals surface area contributed by atoms with E-state index in [0.29, 0.717) is 10.7 Å². The summed E-state index contributed by atoms with van der Waals surface area (Å²) in [5.74, 6) is -1.42. The van der Waals surface area contributed by atoms with Crippen molar-refractivity contribution in [2.75, 3.05) is 5.32 Å². The molecule has 0 bridgehead atoms. The van der Waals surface area contributed by atoms with Gasteiger partial charge >= 0.3 is 6.18 Å². The van der Waals surface area contributed by atoms with Gasteiger partial charge in [0.1, 0.15) is 0 Å². The highest BCUT2D eigenvalue weighted by Gasteiger charge is 2.37. The topological polar surface area (TPSA) is 51.0 Å². The number of hydrogen-bond acceptors (Lipinski definition) is 4. The number of halogens is 4. The maximum Gasteiger partial charge on any atom is 0.455 e. The molecule has 0 saturated heterocycles. The van der Waals surface area contributed by atoms with Gasteiger partial charge in [-0.25, -0.2) is 0 Å². The maximum absolute atomic E-state index is 12.2. The Morgan fingerprint density at radius 3 is 2.44 bits per heavy atom. The second-order valence-corrected chi connectivity index (χ2v) is 3.81. The van der Waals surface area contributed by atoms with E-state index in [1.807, 2.05) is 0 Å². The zero-order valence-electron chi connectivity index (χ0n) is 8.83. The molecule has 0 radical (unpaired) electrons. The van der Waals surface area contributed by atoms with Crippen molar-refractivity contribution in [3.63, 3.8) is 0 Å². The van der Waals surface area contributed by atoms with Crippen LogP contribution in [0.4, 0.5) is 18.9 Å². The summed E-state index contributed by atoms with van der Waals surface area (Å²) in [6, 6.07) is 6.67. The smallest absolute Gasteiger partial charge is 0.376 e. The number of nitrogens with one attached hydrogen (secondary N) is 1. The van der Waals surface area contributed by atoms with Crippen molar-refractivity contribution in [3.05, 3.63) is 41.0 Å². The quantitative estimate of drug-likeness (QED) is 0.935. The Morgan fingerprint density at radius 1 is 1.22 bits per heavy atom. The third-order valence-electron chi connectivity index (χ3n) is 2.01. The summed E-state index contributed by atoms with van der Waals surface area (Å²) >= 11 is 5.69. The summed E-state index contributed by atoms with van der Waals surface area (Å²) in [6.07, 6.45) is -4.60. The lowest BCUT2D eigenvalue weighted by atomic mass is 10.3. The standard InChI is InChI=1S/C10H7ClF3N3O/c11-6-1-3-7(4-2-6)15-5-8-16-9(17-18-8)10(12,13)14/h1-4,15H,5H2. The fourth-order valence-corrected chi connectivity index (χ4v) is 1.31. The second kappa shape index (κ2) is 4.85. The van der Waals surface area contributed by atoms with Crippen LogP contribution in [-0.2, 0) is 12.7 Å². The van der Waals surface area contributed by atoms with Crippen molar-refractivity contribution < 1.29 is 17.7 Å². The first-order chi connectivity index (χ1) is 8.45. The Labute approximate surface area is 105 Å². The van der Waals surface area contributed by atoms with Gasteiger partial charge in [-0.2, -0.15) is 18.2 Å². The van der Waals surface area contributed by atoms with Gasteiger partial charge in [0.2, 0.25) is 5.89 Å². The fraction of sp³-hybridized carbons (Fsp3) is 0.200. The summed E-state index contributed by atoms with van der Waals surface area (Å²) in [5, 5.41) is 6.24. The van der Waals surface area contributed by atoms with Gasteiger partial charge in [-0.05, 0) is 24.3 Å². The summed E-state index contributed by atoms with van der Waals surface area (Å²) in [4.78, 5) is 3.22. The van der Waals surface area contributed by atoms with Gasteiger partial charge in [0.05, 0.1) is 6.54 Å². The van der Waals surface area contributed by atoms with Crippen LogP contribution in [0.25, 0.3) is 0 Å². The monoisotopic (exact) mass is 277 g/mol. The van der Waals surface area contributed by atoms with Gasteiger partial charge in [-0.1, -0.05) is 16.8 Å². The number of nitrogens with zero attached hydrogens (tertiary/aromatic N) is 2.